The third-order valence-corrected chi connectivity index (χ3v) is 8.12. The molecule has 2 bridgehead atoms. The lowest BCUT2D eigenvalue weighted by molar-refractivity contribution is 0.0732. The maximum atomic E-state index is 13.2. The SMILES string of the molecule is CC1(C)C2CC[C@](C)(C2)C1NC(=O)c1cc2cc(Cl)ccc2n1S(C)(=O)=O. The molecule has 2 unspecified atom stereocenters. The number of nitrogens with zero attached hydrogens (tertiary/aromatic N) is 1. The van der Waals surface area contributed by atoms with Crippen LogP contribution in [0.4, 0.5) is 0 Å². The van der Waals surface area contributed by atoms with E-state index in [0.717, 1.165) is 23.1 Å². The Balaban J connectivity index is 1.78. The molecule has 0 aliphatic heterocycles. The Bertz CT molecular complexity index is 1050. The smallest absolute Gasteiger partial charge is 0.269 e. The van der Waals surface area contributed by atoms with Gasteiger partial charge in [-0.25, -0.2) is 12.4 Å². The molecule has 0 saturated heterocycles. The minimum Gasteiger partial charge on any atom is -0.347 e. The minimum atomic E-state index is -3.65. The number of benzene rings is 1. The third-order valence-electron chi connectivity index (χ3n) is 6.83. The van der Waals surface area contributed by atoms with Crippen molar-refractivity contribution in [3.8, 4) is 0 Å². The van der Waals surface area contributed by atoms with Crippen molar-refractivity contribution in [2.24, 2.45) is 16.7 Å². The molecule has 0 spiro atoms. The number of amides is 1. The minimum absolute atomic E-state index is 0.00605. The predicted molar refractivity (Wildman–Crippen MR) is 108 cm³/mol. The molecule has 7 heteroatoms. The second-order valence-corrected chi connectivity index (χ2v) is 11.3. The van der Waals surface area contributed by atoms with E-state index in [1.807, 2.05) is 0 Å². The Morgan fingerprint density at radius 1 is 1.26 bits per heavy atom. The molecule has 5 nitrogen and oxygen atoms in total. The van der Waals surface area contributed by atoms with E-state index in [2.05, 4.69) is 26.1 Å². The number of rotatable bonds is 3. The van der Waals surface area contributed by atoms with Crippen LogP contribution in [0.3, 0.4) is 0 Å². The molecule has 2 saturated carbocycles. The van der Waals surface area contributed by atoms with Gasteiger partial charge in [-0.3, -0.25) is 4.79 Å². The monoisotopic (exact) mass is 408 g/mol. The van der Waals surface area contributed by atoms with E-state index in [1.165, 1.54) is 6.42 Å². The number of nitrogens with one attached hydrogen (secondary N) is 1. The van der Waals surface area contributed by atoms with Gasteiger partial charge in [0, 0.05) is 16.5 Å². The maximum absolute atomic E-state index is 13.2. The Labute approximate surface area is 165 Å². The van der Waals surface area contributed by atoms with Gasteiger partial charge in [-0.15, -0.1) is 0 Å². The van der Waals surface area contributed by atoms with Crippen molar-refractivity contribution < 1.29 is 13.2 Å². The van der Waals surface area contributed by atoms with Gasteiger partial charge in [0.25, 0.3) is 5.91 Å². The Morgan fingerprint density at radius 2 is 1.96 bits per heavy atom. The first-order valence-electron chi connectivity index (χ1n) is 9.26. The van der Waals surface area contributed by atoms with Crippen LogP contribution in [-0.4, -0.2) is 30.6 Å². The van der Waals surface area contributed by atoms with Crippen LogP contribution in [0.15, 0.2) is 24.3 Å². The van der Waals surface area contributed by atoms with Crippen LogP contribution in [0.5, 0.6) is 0 Å². The molecule has 146 valence electrons. The molecule has 1 aromatic heterocycles. The number of fused-ring (bicyclic) bond motifs is 3. The average Bonchev–Trinajstić information content (AvgIpc) is 3.16. The Hall–Kier alpha value is -1.53. The molecule has 1 N–H and O–H groups in total. The summed E-state index contributed by atoms with van der Waals surface area (Å²) in [6, 6.07) is 6.58. The number of halogens is 1. The molecule has 1 amide bonds. The van der Waals surface area contributed by atoms with Crippen molar-refractivity contribution in [2.75, 3.05) is 6.26 Å². The van der Waals surface area contributed by atoms with Crippen LogP contribution in [0.1, 0.15) is 50.5 Å². The predicted octanol–water partition coefficient (Wildman–Crippen LogP) is 4.05. The fourth-order valence-electron chi connectivity index (χ4n) is 5.54. The third kappa shape index (κ3) is 2.80. The first-order chi connectivity index (χ1) is 12.4. The zero-order valence-corrected chi connectivity index (χ0v) is 17.6. The van der Waals surface area contributed by atoms with Gasteiger partial charge in [0.15, 0.2) is 0 Å². The van der Waals surface area contributed by atoms with E-state index >= 15 is 0 Å². The number of hydrogen-bond donors (Lipinski definition) is 1. The second kappa shape index (κ2) is 5.74. The maximum Gasteiger partial charge on any atom is 0.269 e. The Kier molecular flexibility index (Phi) is 4.00. The second-order valence-electron chi connectivity index (χ2n) is 9.08. The van der Waals surface area contributed by atoms with Gasteiger partial charge in [-0.05, 0) is 60.3 Å². The zero-order chi connectivity index (χ0) is 19.8. The molecule has 1 aromatic carbocycles. The van der Waals surface area contributed by atoms with Crippen molar-refractivity contribution in [1.82, 2.24) is 9.29 Å². The highest BCUT2D eigenvalue weighted by Crippen LogP contribution is 2.62. The first kappa shape index (κ1) is 18.8. The van der Waals surface area contributed by atoms with Gasteiger partial charge in [0.1, 0.15) is 5.69 Å². The fourth-order valence-corrected chi connectivity index (χ4v) is 6.74. The van der Waals surface area contributed by atoms with E-state index < -0.39 is 10.0 Å². The van der Waals surface area contributed by atoms with Gasteiger partial charge < -0.3 is 5.32 Å². The summed E-state index contributed by atoms with van der Waals surface area (Å²) in [7, 11) is -3.65. The van der Waals surface area contributed by atoms with Crippen LogP contribution in [-0.2, 0) is 10.0 Å². The van der Waals surface area contributed by atoms with E-state index in [0.29, 0.717) is 21.8 Å². The summed E-state index contributed by atoms with van der Waals surface area (Å²) in [5.41, 5.74) is 0.658. The van der Waals surface area contributed by atoms with E-state index in [1.54, 1.807) is 24.3 Å². The van der Waals surface area contributed by atoms with Crippen LogP contribution in [0.2, 0.25) is 5.02 Å². The van der Waals surface area contributed by atoms with Gasteiger partial charge in [0.2, 0.25) is 10.0 Å². The topological polar surface area (TPSA) is 68.2 Å². The average molecular weight is 409 g/mol. The molecule has 3 atom stereocenters. The van der Waals surface area contributed by atoms with Gasteiger partial charge in [-0.1, -0.05) is 32.4 Å². The molecule has 2 aliphatic rings. The van der Waals surface area contributed by atoms with E-state index in [9.17, 15) is 13.2 Å². The summed E-state index contributed by atoms with van der Waals surface area (Å²) < 4.78 is 26.0. The van der Waals surface area contributed by atoms with Crippen molar-refractivity contribution in [2.45, 2.75) is 46.1 Å². The fraction of sp³-hybridized carbons (Fsp3) is 0.550. The highest BCUT2D eigenvalue weighted by Gasteiger charge is 2.59. The summed E-state index contributed by atoms with van der Waals surface area (Å²) in [4.78, 5) is 13.2. The molecular weight excluding hydrogens is 384 g/mol. The largest absolute Gasteiger partial charge is 0.347 e. The van der Waals surface area contributed by atoms with Gasteiger partial charge >= 0.3 is 0 Å². The van der Waals surface area contributed by atoms with Crippen molar-refractivity contribution in [3.05, 3.63) is 35.0 Å². The quantitative estimate of drug-likeness (QED) is 0.833. The lowest BCUT2D eigenvalue weighted by Gasteiger charge is -2.43. The Morgan fingerprint density at radius 3 is 2.56 bits per heavy atom. The summed E-state index contributed by atoms with van der Waals surface area (Å²) in [6.45, 7) is 6.65. The van der Waals surface area contributed by atoms with Crippen molar-refractivity contribution in [3.63, 3.8) is 0 Å². The molecule has 0 radical (unpaired) electrons. The number of aromatic nitrogens is 1. The number of carbonyl (C=O) groups is 1. The summed E-state index contributed by atoms with van der Waals surface area (Å²) in [5.74, 6) is 0.243. The molecule has 27 heavy (non-hydrogen) atoms. The summed E-state index contributed by atoms with van der Waals surface area (Å²) in [6.07, 6.45) is 4.50. The van der Waals surface area contributed by atoms with Crippen molar-refractivity contribution in [1.29, 1.82) is 0 Å². The standard InChI is InChI=1S/C20H25ClN2O3S/c1-19(2)13-7-8-20(3,11-13)18(19)22-17(24)16-10-12-9-14(21)5-6-15(12)23(16)27(4,25)26/h5-6,9-10,13,18H,7-8,11H2,1-4H3,(H,22,24)/t13?,18?,20-/m1/s1. The van der Waals surface area contributed by atoms with Crippen LogP contribution < -0.4 is 5.32 Å². The molecule has 2 fully saturated rings. The number of carbonyl (C=O) groups excluding carboxylic acids is 1. The molecule has 4 rings (SSSR count). The normalized spacial score (nSPS) is 29.4. The van der Waals surface area contributed by atoms with Crippen LogP contribution in [0.25, 0.3) is 10.9 Å². The van der Waals surface area contributed by atoms with Crippen LogP contribution >= 0.6 is 11.6 Å². The molecular formula is C20H25ClN2O3S. The summed E-state index contributed by atoms with van der Waals surface area (Å²) >= 11 is 6.05. The van der Waals surface area contributed by atoms with Crippen LogP contribution in [0, 0.1) is 16.7 Å². The molecule has 2 aliphatic carbocycles. The first-order valence-corrected chi connectivity index (χ1v) is 11.5. The summed E-state index contributed by atoms with van der Waals surface area (Å²) in [5, 5.41) is 4.33. The molecule has 2 aromatic rings. The number of hydrogen-bond acceptors (Lipinski definition) is 3. The van der Waals surface area contributed by atoms with Gasteiger partial charge in [-0.2, -0.15) is 0 Å². The highest BCUT2D eigenvalue weighted by molar-refractivity contribution is 7.89. The van der Waals surface area contributed by atoms with Crippen molar-refractivity contribution >= 4 is 38.4 Å². The van der Waals surface area contributed by atoms with Gasteiger partial charge in [0.05, 0.1) is 11.8 Å². The molecule has 1 heterocycles. The van der Waals surface area contributed by atoms with E-state index in [4.69, 9.17) is 11.6 Å². The lowest BCUT2D eigenvalue weighted by atomic mass is 9.68. The zero-order valence-electron chi connectivity index (χ0n) is 16.0. The highest BCUT2D eigenvalue weighted by atomic mass is 35.5. The van der Waals surface area contributed by atoms with E-state index in [-0.39, 0.29) is 28.5 Å². The lowest BCUT2D eigenvalue weighted by Crippen LogP contribution is -2.52.